The van der Waals surface area contributed by atoms with Gasteiger partial charge in [-0.05, 0) is 60.6 Å². The number of ether oxygens (including phenoxy) is 1. The number of amides is 1. The second kappa shape index (κ2) is 7.15. The van der Waals surface area contributed by atoms with Gasteiger partial charge in [0.2, 0.25) is 0 Å². The normalized spacial score (nSPS) is 16.8. The number of rotatable bonds is 3. The van der Waals surface area contributed by atoms with Crippen LogP contribution in [0.4, 0.5) is 18.9 Å². The van der Waals surface area contributed by atoms with Crippen LogP contribution in [0.2, 0.25) is 0 Å². The summed E-state index contributed by atoms with van der Waals surface area (Å²) < 4.78 is 47.7. The molecule has 0 aliphatic carbocycles. The topological polar surface area (TPSA) is 29.5 Å². The summed E-state index contributed by atoms with van der Waals surface area (Å²) >= 11 is 0. The fourth-order valence-electron chi connectivity index (χ4n) is 3.39. The molecule has 0 unspecified atom stereocenters. The molecule has 1 heterocycles. The maximum absolute atomic E-state index is 15.3. The van der Waals surface area contributed by atoms with Crippen LogP contribution in [0.1, 0.15) is 44.4 Å². The fourth-order valence-corrected chi connectivity index (χ4v) is 3.39. The monoisotopic (exact) mass is 391 g/mol. The fraction of sp³-hybridized carbons (Fsp3) is 0.409. The van der Waals surface area contributed by atoms with E-state index < -0.39 is 23.6 Å². The molecule has 1 aliphatic heterocycles. The standard InChI is InChI=1S/C22H24F3NO2/c1-12-8-18-20(19(25)15(12)10-22(3,4)5)28-13(2)21(27)26(18)11-14-6-7-16(23)17(24)9-14/h6-9,13H,10-11H2,1-5H3/t13-/m1/s1. The molecule has 2 aromatic rings. The van der Waals surface area contributed by atoms with Crippen LogP contribution < -0.4 is 9.64 Å². The van der Waals surface area contributed by atoms with E-state index in [9.17, 15) is 13.6 Å². The van der Waals surface area contributed by atoms with Crippen molar-refractivity contribution < 1.29 is 22.7 Å². The number of hydrogen-bond donors (Lipinski definition) is 0. The molecule has 0 N–H and O–H groups in total. The van der Waals surface area contributed by atoms with Crippen molar-refractivity contribution in [1.82, 2.24) is 0 Å². The first-order valence-corrected chi connectivity index (χ1v) is 9.22. The molecule has 0 saturated carbocycles. The zero-order valence-electron chi connectivity index (χ0n) is 16.7. The highest BCUT2D eigenvalue weighted by Gasteiger charge is 2.35. The largest absolute Gasteiger partial charge is 0.476 e. The van der Waals surface area contributed by atoms with Crippen molar-refractivity contribution in [2.75, 3.05) is 4.90 Å². The van der Waals surface area contributed by atoms with Gasteiger partial charge in [0.25, 0.3) is 5.91 Å². The van der Waals surface area contributed by atoms with Gasteiger partial charge >= 0.3 is 0 Å². The third-order valence-corrected chi connectivity index (χ3v) is 4.76. The van der Waals surface area contributed by atoms with Gasteiger partial charge in [0, 0.05) is 0 Å². The van der Waals surface area contributed by atoms with E-state index in [2.05, 4.69) is 0 Å². The molecule has 3 rings (SSSR count). The lowest BCUT2D eigenvalue weighted by Crippen LogP contribution is -2.44. The number of hydrogen-bond acceptors (Lipinski definition) is 2. The maximum atomic E-state index is 15.3. The zero-order valence-corrected chi connectivity index (χ0v) is 16.7. The van der Waals surface area contributed by atoms with E-state index in [0.717, 1.165) is 12.1 Å². The summed E-state index contributed by atoms with van der Waals surface area (Å²) in [5, 5.41) is 0. The van der Waals surface area contributed by atoms with Crippen molar-refractivity contribution in [3.8, 4) is 5.75 Å². The highest BCUT2D eigenvalue weighted by molar-refractivity contribution is 6.00. The van der Waals surface area contributed by atoms with Gasteiger partial charge in [-0.25, -0.2) is 13.2 Å². The summed E-state index contributed by atoms with van der Waals surface area (Å²) in [5.41, 5.74) is 1.86. The third-order valence-electron chi connectivity index (χ3n) is 4.76. The number of carbonyl (C=O) groups excluding carboxylic acids is 1. The number of halogens is 3. The van der Waals surface area contributed by atoms with Gasteiger partial charge < -0.3 is 9.64 Å². The number of nitrogens with zero attached hydrogens (tertiary/aromatic N) is 1. The Bertz CT molecular complexity index is 934. The molecule has 0 radical (unpaired) electrons. The highest BCUT2D eigenvalue weighted by atomic mass is 19.2. The Hall–Kier alpha value is -2.50. The predicted molar refractivity (Wildman–Crippen MR) is 102 cm³/mol. The molecule has 3 nitrogen and oxygen atoms in total. The summed E-state index contributed by atoms with van der Waals surface area (Å²) in [7, 11) is 0. The van der Waals surface area contributed by atoms with Gasteiger partial charge in [0.05, 0.1) is 12.2 Å². The first-order chi connectivity index (χ1) is 13.0. The lowest BCUT2D eigenvalue weighted by Gasteiger charge is -2.34. The smallest absolute Gasteiger partial charge is 0.268 e. The van der Waals surface area contributed by atoms with Crippen LogP contribution in [0.5, 0.6) is 5.75 Å². The average molecular weight is 391 g/mol. The molecule has 28 heavy (non-hydrogen) atoms. The molecule has 1 amide bonds. The van der Waals surface area contributed by atoms with Crippen molar-refractivity contribution >= 4 is 11.6 Å². The van der Waals surface area contributed by atoms with Gasteiger partial charge in [0.1, 0.15) is 0 Å². The number of carbonyl (C=O) groups is 1. The van der Waals surface area contributed by atoms with E-state index in [4.69, 9.17) is 4.74 Å². The minimum absolute atomic E-state index is 0.00572. The van der Waals surface area contributed by atoms with E-state index in [1.165, 1.54) is 11.0 Å². The molecule has 6 heteroatoms. The molecule has 0 spiro atoms. The summed E-state index contributed by atoms with van der Waals surface area (Å²) in [4.78, 5) is 14.1. The molecular weight excluding hydrogens is 367 g/mol. The number of anilines is 1. The predicted octanol–water partition coefficient (Wildman–Crippen LogP) is 5.32. The summed E-state index contributed by atoms with van der Waals surface area (Å²) in [5.74, 6) is -2.76. The Kier molecular flexibility index (Phi) is 5.17. The Balaban J connectivity index is 2.07. The quantitative estimate of drug-likeness (QED) is 0.709. The van der Waals surface area contributed by atoms with Gasteiger partial charge in [-0.15, -0.1) is 0 Å². The van der Waals surface area contributed by atoms with Crippen LogP contribution in [-0.2, 0) is 17.8 Å². The van der Waals surface area contributed by atoms with Crippen LogP contribution in [0.15, 0.2) is 24.3 Å². The highest BCUT2D eigenvalue weighted by Crippen LogP contribution is 2.41. The Morgan fingerprint density at radius 3 is 2.39 bits per heavy atom. The van der Waals surface area contributed by atoms with Crippen molar-refractivity contribution in [1.29, 1.82) is 0 Å². The molecule has 0 bridgehead atoms. The molecule has 2 aromatic carbocycles. The second-order valence-corrected chi connectivity index (χ2v) is 8.50. The summed E-state index contributed by atoms with van der Waals surface area (Å²) in [6.45, 7) is 9.40. The molecule has 150 valence electrons. The summed E-state index contributed by atoms with van der Waals surface area (Å²) in [6.07, 6.45) is -0.357. The molecular formula is C22H24F3NO2. The van der Waals surface area contributed by atoms with E-state index in [1.54, 1.807) is 19.9 Å². The lowest BCUT2D eigenvalue weighted by molar-refractivity contribution is -0.125. The van der Waals surface area contributed by atoms with Gasteiger partial charge in [0.15, 0.2) is 29.3 Å². The van der Waals surface area contributed by atoms with Crippen molar-refractivity contribution in [2.24, 2.45) is 5.41 Å². The average Bonchev–Trinajstić information content (AvgIpc) is 2.59. The van der Waals surface area contributed by atoms with Crippen molar-refractivity contribution in [3.63, 3.8) is 0 Å². The Morgan fingerprint density at radius 2 is 1.79 bits per heavy atom. The molecule has 1 aliphatic rings. The van der Waals surface area contributed by atoms with E-state index in [0.29, 0.717) is 28.8 Å². The first-order valence-electron chi connectivity index (χ1n) is 9.22. The molecule has 0 aromatic heterocycles. The van der Waals surface area contributed by atoms with Crippen LogP contribution >= 0.6 is 0 Å². The number of benzene rings is 2. The minimum Gasteiger partial charge on any atom is -0.476 e. The van der Waals surface area contributed by atoms with Gasteiger partial charge in [-0.3, -0.25) is 4.79 Å². The van der Waals surface area contributed by atoms with E-state index in [1.807, 2.05) is 20.8 Å². The second-order valence-electron chi connectivity index (χ2n) is 8.50. The number of fused-ring (bicyclic) bond motifs is 1. The molecule has 0 saturated heterocycles. The minimum atomic E-state index is -0.991. The maximum Gasteiger partial charge on any atom is 0.268 e. The third kappa shape index (κ3) is 3.86. The van der Waals surface area contributed by atoms with Gasteiger partial charge in [-0.1, -0.05) is 26.8 Å². The van der Waals surface area contributed by atoms with Crippen molar-refractivity contribution in [2.45, 2.75) is 53.7 Å². The molecule has 1 atom stereocenters. The van der Waals surface area contributed by atoms with Crippen LogP contribution in [0, 0.1) is 29.8 Å². The number of aryl methyl sites for hydroxylation is 1. The first kappa shape index (κ1) is 20.2. The molecule has 0 fully saturated rings. The van der Waals surface area contributed by atoms with Crippen LogP contribution in [-0.4, -0.2) is 12.0 Å². The van der Waals surface area contributed by atoms with E-state index >= 15 is 4.39 Å². The Labute approximate surface area is 163 Å². The SMILES string of the molecule is Cc1cc2c(c(F)c1CC(C)(C)C)O[C@H](C)C(=O)N2Cc1ccc(F)c(F)c1. The zero-order chi connectivity index (χ0) is 20.8. The van der Waals surface area contributed by atoms with Crippen LogP contribution in [0.25, 0.3) is 0 Å². The van der Waals surface area contributed by atoms with Gasteiger partial charge in [-0.2, -0.15) is 0 Å². The Morgan fingerprint density at radius 1 is 1.11 bits per heavy atom. The van der Waals surface area contributed by atoms with Crippen LogP contribution in [0.3, 0.4) is 0 Å². The van der Waals surface area contributed by atoms with Crippen molar-refractivity contribution in [3.05, 3.63) is 58.4 Å². The summed E-state index contributed by atoms with van der Waals surface area (Å²) in [6, 6.07) is 5.18. The van der Waals surface area contributed by atoms with E-state index in [-0.39, 0.29) is 23.6 Å². The lowest BCUT2D eigenvalue weighted by atomic mass is 9.85.